The smallest absolute Gasteiger partial charge is 0.320 e. The number of piperidine rings is 1. The van der Waals surface area contributed by atoms with Crippen molar-refractivity contribution >= 4 is 12.0 Å². The Morgan fingerprint density at radius 3 is 3.05 bits per heavy atom. The third-order valence-electron chi connectivity index (χ3n) is 3.55. The standard InChI is InChI=1S/C13H20N4O3/c1-16(8-11-6-14-15-7-11)13(20)17-4-2-3-10(9-17)5-12(18)19/h6-7,10H,2-5,8-9H2,1H3,(H,14,15)(H,18,19). The number of rotatable bonds is 4. The van der Waals surface area contributed by atoms with E-state index in [9.17, 15) is 9.59 Å². The van der Waals surface area contributed by atoms with E-state index in [1.165, 1.54) is 0 Å². The summed E-state index contributed by atoms with van der Waals surface area (Å²) in [5.41, 5.74) is 0.944. The minimum absolute atomic E-state index is 0.0544. The van der Waals surface area contributed by atoms with Gasteiger partial charge in [-0.05, 0) is 18.8 Å². The first-order valence-electron chi connectivity index (χ1n) is 6.75. The molecule has 1 unspecified atom stereocenters. The topological polar surface area (TPSA) is 89.5 Å². The quantitative estimate of drug-likeness (QED) is 0.865. The van der Waals surface area contributed by atoms with E-state index in [0.717, 1.165) is 18.4 Å². The number of carbonyl (C=O) groups is 2. The van der Waals surface area contributed by atoms with E-state index in [1.54, 1.807) is 29.2 Å². The molecular weight excluding hydrogens is 260 g/mol. The molecule has 20 heavy (non-hydrogen) atoms. The molecule has 2 heterocycles. The molecule has 2 amide bonds. The summed E-state index contributed by atoms with van der Waals surface area (Å²) in [4.78, 5) is 26.5. The summed E-state index contributed by atoms with van der Waals surface area (Å²) in [5, 5.41) is 15.4. The number of H-pyrrole nitrogens is 1. The van der Waals surface area contributed by atoms with Crippen molar-refractivity contribution in [2.24, 2.45) is 5.92 Å². The predicted molar refractivity (Wildman–Crippen MR) is 72.0 cm³/mol. The lowest BCUT2D eigenvalue weighted by Crippen LogP contribution is -2.46. The number of hydrogen-bond acceptors (Lipinski definition) is 3. The number of urea groups is 1. The fourth-order valence-electron chi connectivity index (χ4n) is 2.60. The Bertz CT molecular complexity index is 460. The fraction of sp³-hybridized carbons (Fsp3) is 0.615. The van der Waals surface area contributed by atoms with Crippen molar-refractivity contribution in [3.05, 3.63) is 18.0 Å². The van der Waals surface area contributed by atoms with Crippen LogP contribution in [-0.2, 0) is 11.3 Å². The number of nitrogens with one attached hydrogen (secondary N) is 1. The molecule has 0 aliphatic carbocycles. The molecule has 1 aliphatic heterocycles. The van der Waals surface area contributed by atoms with Gasteiger partial charge in [-0.1, -0.05) is 0 Å². The first-order valence-corrected chi connectivity index (χ1v) is 6.75. The highest BCUT2D eigenvalue weighted by atomic mass is 16.4. The van der Waals surface area contributed by atoms with Crippen molar-refractivity contribution in [3.63, 3.8) is 0 Å². The molecule has 0 bridgehead atoms. The van der Waals surface area contributed by atoms with Gasteiger partial charge < -0.3 is 14.9 Å². The van der Waals surface area contributed by atoms with Crippen molar-refractivity contribution in [1.29, 1.82) is 0 Å². The molecule has 1 saturated heterocycles. The number of amides is 2. The van der Waals surface area contributed by atoms with Gasteiger partial charge in [0.2, 0.25) is 0 Å². The molecular formula is C13H20N4O3. The lowest BCUT2D eigenvalue weighted by molar-refractivity contribution is -0.138. The Labute approximate surface area is 117 Å². The molecule has 7 heteroatoms. The Morgan fingerprint density at radius 1 is 1.60 bits per heavy atom. The van der Waals surface area contributed by atoms with Crippen LogP contribution in [0.2, 0.25) is 0 Å². The van der Waals surface area contributed by atoms with Crippen LogP contribution < -0.4 is 0 Å². The lowest BCUT2D eigenvalue weighted by Gasteiger charge is -2.34. The average molecular weight is 280 g/mol. The molecule has 1 aliphatic rings. The van der Waals surface area contributed by atoms with Crippen LogP contribution in [0.5, 0.6) is 0 Å². The van der Waals surface area contributed by atoms with Gasteiger partial charge in [-0.15, -0.1) is 0 Å². The van der Waals surface area contributed by atoms with Crippen molar-refractivity contribution in [2.75, 3.05) is 20.1 Å². The van der Waals surface area contributed by atoms with Gasteiger partial charge in [-0.25, -0.2) is 4.79 Å². The molecule has 0 spiro atoms. The second-order valence-electron chi connectivity index (χ2n) is 5.30. The van der Waals surface area contributed by atoms with Crippen LogP contribution in [0.3, 0.4) is 0 Å². The summed E-state index contributed by atoms with van der Waals surface area (Å²) >= 11 is 0. The second-order valence-corrected chi connectivity index (χ2v) is 5.30. The molecule has 1 atom stereocenters. The second kappa shape index (κ2) is 6.40. The van der Waals surface area contributed by atoms with E-state index in [1.807, 2.05) is 0 Å². The van der Waals surface area contributed by atoms with Crippen LogP contribution in [0.15, 0.2) is 12.4 Å². The summed E-state index contributed by atoms with van der Waals surface area (Å²) in [6.07, 6.45) is 5.32. The first kappa shape index (κ1) is 14.4. The Balaban J connectivity index is 1.89. The number of aromatic nitrogens is 2. The minimum Gasteiger partial charge on any atom is -0.481 e. The Morgan fingerprint density at radius 2 is 2.40 bits per heavy atom. The van der Waals surface area contributed by atoms with Crippen molar-refractivity contribution < 1.29 is 14.7 Å². The number of carboxylic acid groups (broad SMARTS) is 1. The van der Waals surface area contributed by atoms with E-state index in [2.05, 4.69) is 10.2 Å². The molecule has 7 nitrogen and oxygen atoms in total. The number of nitrogens with zero attached hydrogens (tertiary/aromatic N) is 3. The third-order valence-corrected chi connectivity index (χ3v) is 3.55. The average Bonchev–Trinajstić information content (AvgIpc) is 2.90. The first-order chi connectivity index (χ1) is 9.56. The molecule has 0 radical (unpaired) electrons. The van der Waals surface area contributed by atoms with Gasteiger partial charge in [-0.3, -0.25) is 9.89 Å². The van der Waals surface area contributed by atoms with E-state index < -0.39 is 5.97 Å². The number of carboxylic acids is 1. The van der Waals surface area contributed by atoms with Crippen LogP contribution in [0, 0.1) is 5.92 Å². The van der Waals surface area contributed by atoms with E-state index >= 15 is 0 Å². The molecule has 0 aromatic carbocycles. The van der Waals surface area contributed by atoms with Crippen molar-refractivity contribution in [3.8, 4) is 0 Å². The van der Waals surface area contributed by atoms with Crippen molar-refractivity contribution in [1.82, 2.24) is 20.0 Å². The zero-order chi connectivity index (χ0) is 14.5. The van der Waals surface area contributed by atoms with Crippen LogP contribution in [0.4, 0.5) is 4.79 Å². The SMILES string of the molecule is CN(Cc1cn[nH]c1)C(=O)N1CCCC(CC(=O)O)C1. The molecule has 2 N–H and O–H groups in total. The number of carbonyl (C=O) groups excluding carboxylic acids is 1. The Hall–Kier alpha value is -2.05. The molecule has 1 aromatic heterocycles. The largest absolute Gasteiger partial charge is 0.481 e. The summed E-state index contributed by atoms with van der Waals surface area (Å²) in [5.74, 6) is -0.733. The van der Waals surface area contributed by atoms with E-state index in [-0.39, 0.29) is 18.4 Å². The van der Waals surface area contributed by atoms with Crippen LogP contribution in [-0.4, -0.2) is 57.2 Å². The summed E-state index contributed by atoms with van der Waals surface area (Å²) < 4.78 is 0. The summed E-state index contributed by atoms with van der Waals surface area (Å²) in [6, 6.07) is -0.0544. The monoisotopic (exact) mass is 280 g/mol. The number of aromatic amines is 1. The zero-order valence-corrected chi connectivity index (χ0v) is 11.6. The lowest BCUT2D eigenvalue weighted by atomic mass is 9.95. The zero-order valence-electron chi connectivity index (χ0n) is 11.6. The third kappa shape index (κ3) is 3.72. The normalized spacial score (nSPS) is 18.9. The molecule has 1 fully saturated rings. The van der Waals surface area contributed by atoms with E-state index in [0.29, 0.717) is 19.6 Å². The number of likely N-dealkylation sites (tertiary alicyclic amines) is 1. The molecule has 2 rings (SSSR count). The van der Waals surface area contributed by atoms with Crippen molar-refractivity contribution in [2.45, 2.75) is 25.8 Å². The van der Waals surface area contributed by atoms with Gasteiger partial charge in [-0.2, -0.15) is 5.10 Å². The molecule has 110 valence electrons. The maximum absolute atomic E-state index is 12.3. The van der Waals surface area contributed by atoms with Gasteiger partial charge in [0.1, 0.15) is 0 Å². The maximum atomic E-state index is 12.3. The van der Waals surface area contributed by atoms with Gasteiger partial charge in [0, 0.05) is 38.3 Å². The number of aliphatic carboxylic acids is 1. The highest BCUT2D eigenvalue weighted by molar-refractivity contribution is 5.74. The molecule has 1 aromatic rings. The maximum Gasteiger partial charge on any atom is 0.320 e. The van der Waals surface area contributed by atoms with Crippen LogP contribution in [0.25, 0.3) is 0 Å². The Kier molecular flexibility index (Phi) is 4.60. The predicted octanol–water partition coefficient (Wildman–Crippen LogP) is 1.15. The van der Waals surface area contributed by atoms with E-state index in [4.69, 9.17) is 5.11 Å². The van der Waals surface area contributed by atoms with Gasteiger partial charge in [0.25, 0.3) is 0 Å². The highest BCUT2D eigenvalue weighted by Crippen LogP contribution is 2.20. The van der Waals surface area contributed by atoms with Crippen LogP contribution >= 0.6 is 0 Å². The van der Waals surface area contributed by atoms with Gasteiger partial charge in [0.05, 0.1) is 12.7 Å². The number of hydrogen-bond donors (Lipinski definition) is 2. The van der Waals surface area contributed by atoms with Gasteiger partial charge in [0.15, 0.2) is 0 Å². The van der Waals surface area contributed by atoms with Gasteiger partial charge >= 0.3 is 12.0 Å². The van der Waals surface area contributed by atoms with Crippen LogP contribution in [0.1, 0.15) is 24.8 Å². The fourth-order valence-corrected chi connectivity index (χ4v) is 2.60. The minimum atomic E-state index is -0.795. The summed E-state index contributed by atoms with van der Waals surface area (Å²) in [7, 11) is 1.75. The molecule has 0 saturated carbocycles. The highest BCUT2D eigenvalue weighted by Gasteiger charge is 2.27. The summed E-state index contributed by atoms with van der Waals surface area (Å²) in [6.45, 7) is 1.72.